The van der Waals surface area contributed by atoms with Crippen LogP contribution in [0.3, 0.4) is 0 Å². The fourth-order valence-corrected chi connectivity index (χ4v) is 9.98. The van der Waals surface area contributed by atoms with Gasteiger partial charge in [0.2, 0.25) is 11.9 Å². The molecule has 0 aliphatic heterocycles. The summed E-state index contributed by atoms with van der Waals surface area (Å²) in [4.78, 5) is 100. The van der Waals surface area contributed by atoms with E-state index in [1.54, 1.807) is 123 Å². The van der Waals surface area contributed by atoms with Gasteiger partial charge in [0.25, 0.3) is 11.5 Å². The van der Waals surface area contributed by atoms with Crippen molar-refractivity contribution in [2.24, 2.45) is 16.5 Å². The maximum absolute atomic E-state index is 12.6. The molecule has 0 saturated carbocycles. The largest absolute Gasteiger partial charge is 0.494 e. The van der Waals surface area contributed by atoms with E-state index in [9.17, 15) is 33.9 Å². The number of hydrogen-bond donors (Lipinski definition) is 9. The Morgan fingerprint density at radius 1 is 0.523 bits per heavy atom. The Hall–Kier alpha value is -13.6. The summed E-state index contributed by atoms with van der Waals surface area (Å²) in [6, 6.07) is 36.7. The number of aromatic amines is 2. The number of aromatic nitrogens is 7. The maximum atomic E-state index is 12.6. The minimum atomic E-state index is -1.18. The fourth-order valence-electron chi connectivity index (χ4n) is 9.98. The average molecular weight is 1530 g/mol. The van der Waals surface area contributed by atoms with Crippen molar-refractivity contribution in [3.8, 4) is 51.7 Å². The number of ether oxygens (including phenoxy) is 11. The molecule has 590 valence electrons. The van der Waals surface area contributed by atoms with E-state index in [2.05, 4.69) is 60.2 Å². The summed E-state index contributed by atoms with van der Waals surface area (Å²) in [5, 5.41) is 19.7. The van der Waals surface area contributed by atoms with Gasteiger partial charge in [0, 0.05) is 46.4 Å². The molecule has 11 aromatic rings. The lowest BCUT2D eigenvalue weighted by Gasteiger charge is -2.20. The molecule has 0 unspecified atom stereocenters. The Morgan fingerprint density at radius 2 is 1.01 bits per heavy atom. The van der Waals surface area contributed by atoms with E-state index >= 15 is 0 Å². The highest BCUT2D eigenvalue weighted by molar-refractivity contribution is 6.01. The molecule has 4 aromatic heterocycles. The summed E-state index contributed by atoms with van der Waals surface area (Å²) >= 11 is 0. The van der Waals surface area contributed by atoms with E-state index < -0.39 is 40.7 Å². The summed E-state index contributed by atoms with van der Waals surface area (Å²) in [6.07, 6.45) is -1.18. The number of anilines is 5. The number of nitrogens with one attached hydrogen (secondary N) is 5. The second-order valence-corrected chi connectivity index (χ2v) is 24.9. The second-order valence-electron chi connectivity index (χ2n) is 24.9. The van der Waals surface area contributed by atoms with Crippen molar-refractivity contribution in [3.63, 3.8) is 0 Å². The van der Waals surface area contributed by atoms with Gasteiger partial charge in [-0.3, -0.25) is 30.7 Å². The number of benzene rings is 7. The number of hydrogen-bond acceptors (Lipinski definition) is 26. The minimum absolute atomic E-state index is 0.0840. The van der Waals surface area contributed by atoms with Crippen molar-refractivity contribution in [2.45, 2.75) is 101 Å². The van der Waals surface area contributed by atoms with Crippen molar-refractivity contribution in [2.75, 3.05) is 83.2 Å². The minimum Gasteiger partial charge on any atom is -0.494 e. The Labute approximate surface area is 639 Å². The highest BCUT2D eigenvalue weighted by atomic mass is 16.6. The fraction of sp³-hybridized carbons (Fsp3) is 0.308. The van der Waals surface area contributed by atoms with Crippen molar-refractivity contribution in [1.29, 1.82) is 0 Å². The number of carbonyl (C=O) groups is 3. The van der Waals surface area contributed by atoms with Crippen LogP contribution >= 0.6 is 0 Å². The smallest absolute Gasteiger partial charge is 0.419 e. The molecule has 2 amide bonds. The number of nitrogens with two attached hydrogens (primary N) is 3. The maximum Gasteiger partial charge on any atom is 0.419 e. The number of H-pyrrole nitrogens is 2. The van der Waals surface area contributed by atoms with E-state index in [1.807, 2.05) is 111 Å². The van der Waals surface area contributed by atoms with Gasteiger partial charge >= 0.3 is 29.5 Å². The zero-order valence-electron chi connectivity index (χ0n) is 64.9. The number of nitrogens with zero attached hydrogens (tertiary/aromatic N) is 6. The Kier molecular flexibility index (Phi) is 31.8. The standard InChI is InChI=1S/C21H21N5O4.C14H19NO5.C13H19NO3.C12H15N5O2.C10H9NO4.C8H11NO/c1-5-30-15-8-6-7-13-18(15)19(27)25-21(23-13)26-20-22-11(2)12-9-16(28-3)17(29-4)10-14(12)24-20;1-5-19-10-8-6-7-9(11(10)12(16)17)15-13(18)20-14(2,3)4;1-5-16-11-8-6-7-10(9-11)14-12(15)17-13(2,3)4;1-6-7-4-9(18-2)10(19-3)5-8(7)16-12(15-6)17-11(13)14;1-2-14-7-5-3-4-6-8(7)9(12)15-10(13)11-6;1-2-10-8-5-3-4-7(9)6-8/h6-10H,5H2,1-4H3,(H2,22,23,24,25,26,27);6-8H,5H2,1-4H3,(H,15,18)(H,16,17);6-9H,5H2,1-4H3,(H,14,15);4-5H,1-3H3,(H4,13,14,15,16,17);3-5H,2H2,1H3,(H,11,13);3-6H,2,9H2,1H3. The highest BCUT2D eigenvalue weighted by Gasteiger charge is 2.23. The van der Waals surface area contributed by atoms with Crippen LogP contribution in [0.1, 0.15) is 97.9 Å². The molecule has 0 bridgehead atoms. The molecule has 0 spiro atoms. The van der Waals surface area contributed by atoms with Gasteiger partial charge in [0.1, 0.15) is 56.3 Å². The average Bonchev–Trinajstić information content (AvgIpc) is 0.798. The first kappa shape index (κ1) is 86.3. The molecular formula is C78H94N14O19. The van der Waals surface area contributed by atoms with Gasteiger partial charge in [-0.15, -0.1) is 0 Å². The number of amides is 2. The Balaban J connectivity index is 0.000000214. The summed E-state index contributed by atoms with van der Waals surface area (Å²) in [5.41, 5.74) is 19.2. The molecule has 33 heteroatoms. The van der Waals surface area contributed by atoms with Crippen LogP contribution in [0.15, 0.2) is 151 Å². The first-order chi connectivity index (χ1) is 52.8. The monoisotopic (exact) mass is 1530 g/mol. The number of methoxy groups -OCH3 is 4. The lowest BCUT2D eigenvalue weighted by Crippen LogP contribution is -2.27. The molecule has 0 fully saturated rings. The number of aliphatic imine (C=N–C) groups is 1. The molecule has 0 aliphatic rings. The number of fused-ring (bicyclic) bond motifs is 4. The topological polar surface area (TPSA) is 460 Å². The van der Waals surface area contributed by atoms with E-state index in [4.69, 9.17) is 69.3 Å². The second kappa shape index (κ2) is 40.9. The van der Waals surface area contributed by atoms with Gasteiger partial charge in [0.15, 0.2) is 29.0 Å². The van der Waals surface area contributed by atoms with Crippen LogP contribution in [0.25, 0.3) is 43.6 Å². The van der Waals surface area contributed by atoms with Crippen molar-refractivity contribution >= 4 is 103 Å². The number of carboxylic acids is 1. The summed E-state index contributed by atoms with van der Waals surface area (Å²) in [5.74, 6) is 3.78. The summed E-state index contributed by atoms with van der Waals surface area (Å²) < 4.78 is 62.4. The Morgan fingerprint density at radius 3 is 1.55 bits per heavy atom. The molecule has 0 atom stereocenters. The number of aryl methyl sites for hydroxylation is 2. The molecule has 4 heterocycles. The molecule has 111 heavy (non-hydrogen) atoms. The van der Waals surface area contributed by atoms with E-state index in [1.165, 1.54) is 12.1 Å². The van der Waals surface area contributed by atoms with Crippen LogP contribution in [0, 0.1) is 13.8 Å². The third kappa shape index (κ3) is 26.1. The summed E-state index contributed by atoms with van der Waals surface area (Å²) in [6.45, 7) is 26.1. The van der Waals surface area contributed by atoms with Gasteiger partial charge in [-0.1, -0.05) is 30.3 Å². The van der Waals surface area contributed by atoms with Crippen LogP contribution in [0.2, 0.25) is 0 Å². The predicted octanol–water partition coefficient (Wildman–Crippen LogP) is 13.3. The van der Waals surface area contributed by atoms with Gasteiger partial charge in [-0.05, 0) is 163 Å². The van der Waals surface area contributed by atoms with Crippen LogP contribution in [0.5, 0.6) is 51.7 Å². The SMILES string of the molecule is CCOc1cccc(N)c1.CCOc1cccc(NC(=O)OC(C)(C)C)c1.CCOc1cccc(NC(=O)OC(C)(C)C)c1C(=O)O.CCOc1cccc2[nH]c(=O)oc(=O)c12.CCOc1cccc2nc(Nc3nc(C)c4cc(OC)c(OC)cc4n3)[nH]c(=O)c12.COc1cc2nc(N=C(N)N)nc(C)c2cc1OC. The van der Waals surface area contributed by atoms with Gasteiger partial charge < -0.3 is 78.8 Å². The van der Waals surface area contributed by atoms with Crippen LogP contribution in [-0.2, 0) is 9.47 Å². The molecule has 33 nitrogen and oxygen atoms in total. The third-order valence-electron chi connectivity index (χ3n) is 14.3. The van der Waals surface area contributed by atoms with Crippen molar-refractivity contribution < 1.29 is 76.0 Å². The normalized spacial score (nSPS) is 10.6. The first-order valence-corrected chi connectivity index (χ1v) is 34.6. The zero-order chi connectivity index (χ0) is 81.7. The first-order valence-electron chi connectivity index (χ1n) is 34.6. The molecule has 12 N–H and O–H groups in total. The van der Waals surface area contributed by atoms with Crippen molar-refractivity contribution in [3.05, 3.63) is 176 Å². The summed E-state index contributed by atoms with van der Waals surface area (Å²) in [7, 11) is 6.29. The Bertz CT molecular complexity index is 5230. The lowest BCUT2D eigenvalue weighted by molar-refractivity contribution is 0.0623. The highest BCUT2D eigenvalue weighted by Crippen LogP contribution is 2.35. The van der Waals surface area contributed by atoms with Crippen LogP contribution in [-0.4, -0.2) is 137 Å². The third-order valence-corrected chi connectivity index (χ3v) is 14.3. The number of aromatic carboxylic acids is 1. The quantitative estimate of drug-likeness (QED) is 0.0194. The van der Waals surface area contributed by atoms with Crippen LogP contribution < -0.4 is 92.7 Å². The lowest BCUT2D eigenvalue weighted by atomic mass is 10.1. The van der Waals surface area contributed by atoms with Gasteiger partial charge in [-0.25, -0.2) is 48.9 Å². The molecular weight excluding hydrogens is 1440 g/mol. The number of carboxylic acid groups (broad SMARTS) is 1. The molecule has 0 saturated heterocycles. The van der Waals surface area contributed by atoms with Gasteiger partial charge in [-0.2, -0.15) is 4.99 Å². The van der Waals surface area contributed by atoms with Crippen molar-refractivity contribution in [1.82, 2.24) is 34.9 Å². The number of guanidine groups is 1. The van der Waals surface area contributed by atoms with E-state index in [0.717, 1.165) is 39.3 Å². The number of rotatable bonds is 20. The van der Waals surface area contributed by atoms with Crippen LogP contribution in [0.4, 0.5) is 44.5 Å². The molecule has 0 aliphatic carbocycles. The predicted molar refractivity (Wildman–Crippen MR) is 425 cm³/mol. The van der Waals surface area contributed by atoms with Gasteiger partial charge in [0.05, 0.1) is 101 Å². The molecule has 11 rings (SSSR count). The van der Waals surface area contributed by atoms with E-state index in [0.29, 0.717) is 107 Å². The van der Waals surface area contributed by atoms with E-state index in [-0.39, 0.29) is 45.8 Å². The molecule has 0 radical (unpaired) electrons. The molecule has 7 aromatic carbocycles. The zero-order valence-corrected chi connectivity index (χ0v) is 64.9. The number of carbonyl (C=O) groups excluding carboxylic acids is 2. The number of nitrogen functional groups attached to an aromatic ring is 1.